The van der Waals surface area contributed by atoms with Crippen LogP contribution in [0.25, 0.3) is 0 Å². The van der Waals surface area contributed by atoms with Crippen molar-refractivity contribution in [3.05, 3.63) is 23.5 Å². The van der Waals surface area contributed by atoms with E-state index in [1.54, 1.807) is 10.8 Å². The highest BCUT2D eigenvalue weighted by Gasteiger charge is 2.01. The number of nitriles is 1. The van der Waals surface area contributed by atoms with Crippen LogP contribution in [0.4, 0.5) is 0 Å². The second-order valence-corrected chi connectivity index (χ2v) is 4.97. The lowest BCUT2D eigenvalue weighted by Gasteiger charge is -2.00. The monoisotopic (exact) mass is 225 g/mol. The molecule has 1 N–H and O–H groups in total. The summed E-state index contributed by atoms with van der Waals surface area (Å²) in [5.41, 5.74) is 1.74. The number of aryl methyl sites for hydroxylation is 1. The van der Waals surface area contributed by atoms with E-state index in [1.165, 1.54) is 0 Å². The molecular formula is C10H15N3OS. The van der Waals surface area contributed by atoms with Gasteiger partial charge in [-0.25, -0.2) is 0 Å². The minimum atomic E-state index is -0.744. The summed E-state index contributed by atoms with van der Waals surface area (Å²) in [5, 5.41) is 11.9. The van der Waals surface area contributed by atoms with Gasteiger partial charge >= 0.3 is 0 Å². The summed E-state index contributed by atoms with van der Waals surface area (Å²) in [5.74, 6) is 0.665. The molecular weight excluding hydrogens is 210 g/mol. The van der Waals surface area contributed by atoms with E-state index < -0.39 is 10.8 Å². The van der Waals surface area contributed by atoms with Gasteiger partial charge in [-0.1, -0.05) is 0 Å². The number of rotatable bonds is 5. The summed E-state index contributed by atoms with van der Waals surface area (Å²) >= 11 is 0. The minimum absolute atomic E-state index is 0.658. The van der Waals surface area contributed by atoms with Gasteiger partial charge in [0.1, 0.15) is 11.8 Å². The molecule has 1 unspecified atom stereocenters. The number of hydrogen-bond donors (Lipinski definition) is 1. The first-order chi connectivity index (χ1) is 7.13. The lowest BCUT2D eigenvalue weighted by atomic mass is 10.3. The Morgan fingerprint density at radius 1 is 1.67 bits per heavy atom. The first-order valence-electron chi connectivity index (χ1n) is 4.69. The molecule has 0 aliphatic heterocycles. The van der Waals surface area contributed by atoms with Crippen molar-refractivity contribution in [2.45, 2.75) is 6.54 Å². The molecule has 0 aliphatic carbocycles. The van der Waals surface area contributed by atoms with Crippen LogP contribution < -0.4 is 5.32 Å². The zero-order valence-electron chi connectivity index (χ0n) is 8.99. The zero-order valence-corrected chi connectivity index (χ0v) is 9.80. The van der Waals surface area contributed by atoms with Gasteiger partial charge in [-0.05, 0) is 11.6 Å². The zero-order chi connectivity index (χ0) is 11.3. The molecule has 1 heterocycles. The van der Waals surface area contributed by atoms with Crippen LogP contribution in [-0.2, 0) is 24.4 Å². The van der Waals surface area contributed by atoms with Gasteiger partial charge < -0.3 is 9.88 Å². The molecule has 15 heavy (non-hydrogen) atoms. The van der Waals surface area contributed by atoms with E-state index in [0.717, 1.165) is 12.1 Å². The fraction of sp³-hybridized carbons (Fsp3) is 0.500. The highest BCUT2D eigenvalue weighted by atomic mass is 32.2. The highest BCUT2D eigenvalue weighted by molar-refractivity contribution is 7.84. The Bertz CT molecular complexity index is 392. The van der Waals surface area contributed by atoms with Crippen molar-refractivity contribution in [3.63, 3.8) is 0 Å². The molecule has 1 atom stereocenters. The third kappa shape index (κ3) is 3.86. The standard InChI is InChI=1S/C10H15N3OS/c1-13-8-9(5-10(13)6-11)7-12-3-4-15(2)14/h5,8,12H,3-4,7H2,1-2H3. The van der Waals surface area contributed by atoms with Crippen molar-refractivity contribution in [1.82, 2.24) is 9.88 Å². The highest BCUT2D eigenvalue weighted by Crippen LogP contribution is 2.05. The molecule has 0 bridgehead atoms. The molecule has 1 rings (SSSR count). The number of hydrogen-bond acceptors (Lipinski definition) is 3. The van der Waals surface area contributed by atoms with E-state index in [-0.39, 0.29) is 0 Å². The Labute approximate surface area is 92.4 Å². The van der Waals surface area contributed by atoms with Crippen LogP contribution >= 0.6 is 0 Å². The SMILES string of the molecule is Cn1cc(CNCCS(C)=O)cc1C#N. The average Bonchev–Trinajstić information content (AvgIpc) is 2.53. The number of nitrogens with one attached hydrogen (secondary N) is 1. The van der Waals surface area contributed by atoms with Gasteiger partial charge in [0.2, 0.25) is 0 Å². The normalized spacial score (nSPS) is 12.3. The van der Waals surface area contributed by atoms with Crippen molar-refractivity contribution >= 4 is 10.8 Å². The molecule has 4 nitrogen and oxygen atoms in total. The van der Waals surface area contributed by atoms with E-state index in [1.807, 2.05) is 19.3 Å². The lowest BCUT2D eigenvalue weighted by molar-refractivity contribution is 0.676. The van der Waals surface area contributed by atoms with Crippen LogP contribution in [0.3, 0.4) is 0 Å². The van der Waals surface area contributed by atoms with Gasteiger partial charge in [-0.3, -0.25) is 4.21 Å². The van der Waals surface area contributed by atoms with Crippen LogP contribution in [0, 0.1) is 11.3 Å². The fourth-order valence-electron chi connectivity index (χ4n) is 1.29. The molecule has 0 saturated carbocycles. The predicted molar refractivity (Wildman–Crippen MR) is 60.8 cm³/mol. The Kier molecular flexibility index (Phi) is 4.53. The van der Waals surface area contributed by atoms with Crippen molar-refractivity contribution in [3.8, 4) is 6.07 Å². The molecule has 82 valence electrons. The molecule has 0 fully saturated rings. The Morgan fingerprint density at radius 2 is 2.40 bits per heavy atom. The Morgan fingerprint density at radius 3 is 2.93 bits per heavy atom. The minimum Gasteiger partial charge on any atom is -0.342 e. The van der Waals surface area contributed by atoms with Crippen LogP contribution in [0.15, 0.2) is 12.3 Å². The second kappa shape index (κ2) is 5.69. The molecule has 1 aromatic rings. The van der Waals surface area contributed by atoms with Gasteiger partial charge in [-0.2, -0.15) is 5.26 Å². The maximum Gasteiger partial charge on any atom is 0.120 e. The molecule has 5 heteroatoms. The molecule has 0 aliphatic rings. The van der Waals surface area contributed by atoms with Gasteiger partial charge in [0, 0.05) is 49.1 Å². The Balaban J connectivity index is 2.38. The van der Waals surface area contributed by atoms with Crippen LogP contribution in [0.2, 0.25) is 0 Å². The topological polar surface area (TPSA) is 57.8 Å². The maximum atomic E-state index is 10.8. The van der Waals surface area contributed by atoms with Crippen molar-refractivity contribution in [1.29, 1.82) is 5.26 Å². The summed E-state index contributed by atoms with van der Waals surface area (Å²) in [6, 6.07) is 3.97. The first-order valence-corrected chi connectivity index (χ1v) is 6.42. The van der Waals surface area contributed by atoms with E-state index in [2.05, 4.69) is 11.4 Å². The first kappa shape index (κ1) is 12.0. The quantitative estimate of drug-likeness (QED) is 0.736. The summed E-state index contributed by atoms with van der Waals surface area (Å²) in [6.07, 6.45) is 3.62. The summed E-state index contributed by atoms with van der Waals surface area (Å²) in [4.78, 5) is 0. The van der Waals surface area contributed by atoms with E-state index in [4.69, 9.17) is 5.26 Å². The predicted octanol–water partition coefficient (Wildman–Crippen LogP) is 0.365. The van der Waals surface area contributed by atoms with Crippen molar-refractivity contribution < 1.29 is 4.21 Å². The number of aromatic nitrogens is 1. The molecule has 1 aromatic heterocycles. The van der Waals surface area contributed by atoms with E-state index in [9.17, 15) is 4.21 Å². The van der Waals surface area contributed by atoms with E-state index in [0.29, 0.717) is 18.0 Å². The van der Waals surface area contributed by atoms with Crippen molar-refractivity contribution in [2.75, 3.05) is 18.6 Å². The second-order valence-electron chi connectivity index (χ2n) is 3.41. The fourth-order valence-corrected chi connectivity index (χ4v) is 1.72. The summed E-state index contributed by atoms with van der Waals surface area (Å²) in [7, 11) is 1.11. The third-order valence-electron chi connectivity index (χ3n) is 2.07. The van der Waals surface area contributed by atoms with Gasteiger partial charge in [0.25, 0.3) is 0 Å². The van der Waals surface area contributed by atoms with Crippen LogP contribution in [0.1, 0.15) is 11.3 Å². The number of nitrogens with zero attached hydrogens (tertiary/aromatic N) is 2. The van der Waals surface area contributed by atoms with Crippen LogP contribution in [-0.4, -0.2) is 27.3 Å². The van der Waals surface area contributed by atoms with Gasteiger partial charge in [0.05, 0.1) is 0 Å². The van der Waals surface area contributed by atoms with Crippen LogP contribution in [0.5, 0.6) is 0 Å². The van der Waals surface area contributed by atoms with Gasteiger partial charge in [-0.15, -0.1) is 0 Å². The molecule has 0 spiro atoms. The molecule has 0 aromatic carbocycles. The third-order valence-corrected chi connectivity index (χ3v) is 2.85. The smallest absolute Gasteiger partial charge is 0.120 e. The van der Waals surface area contributed by atoms with E-state index >= 15 is 0 Å². The largest absolute Gasteiger partial charge is 0.342 e. The summed E-state index contributed by atoms with van der Waals surface area (Å²) < 4.78 is 12.6. The van der Waals surface area contributed by atoms with Crippen molar-refractivity contribution in [2.24, 2.45) is 7.05 Å². The Hall–Kier alpha value is -1.12. The summed E-state index contributed by atoms with van der Waals surface area (Å²) in [6.45, 7) is 1.45. The molecule has 0 amide bonds. The maximum absolute atomic E-state index is 10.8. The lowest BCUT2D eigenvalue weighted by Crippen LogP contribution is -2.19. The average molecular weight is 225 g/mol. The molecule has 0 radical (unpaired) electrons. The molecule has 0 saturated heterocycles. The van der Waals surface area contributed by atoms with Gasteiger partial charge in [0.15, 0.2) is 0 Å².